The van der Waals surface area contributed by atoms with Gasteiger partial charge in [-0.3, -0.25) is 4.31 Å². The van der Waals surface area contributed by atoms with Crippen molar-refractivity contribution >= 4 is 25.4 Å². The molecule has 7 nitrogen and oxygen atoms in total. The molecule has 1 N–H and O–H groups in total. The van der Waals surface area contributed by atoms with Gasteiger partial charge in [-0.2, -0.15) is 0 Å². The number of nitrogens with zero attached hydrogens (tertiary/aromatic N) is 1. The summed E-state index contributed by atoms with van der Waals surface area (Å²) in [7, 11) is -7.16. The largest absolute Gasteiger partial charge is 0.492 e. The molecular formula is C25H34N2O5S2. The normalized spacial score (nSPS) is 23.4. The minimum absolute atomic E-state index is 0.00795. The molecule has 1 saturated heterocycles. The van der Waals surface area contributed by atoms with Crippen molar-refractivity contribution in [3.8, 4) is 5.75 Å². The molecule has 34 heavy (non-hydrogen) atoms. The number of anilines is 1. The Kier molecular flexibility index (Phi) is 6.99. The maximum atomic E-state index is 13.7. The van der Waals surface area contributed by atoms with E-state index in [0.29, 0.717) is 42.3 Å². The van der Waals surface area contributed by atoms with Crippen LogP contribution in [0.4, 0.5) is 5.69 Å². The van der Waals surface area contributed by atoms with Crippen LogP contribution in [0.25, 0.3) is 0 Å². The second-order valence-electron chi connectivity index (χ2n) is 9.74. The summed E-state index contributed by atoms with van der Waals surface area (Å²) >= 11 is 0. The Labute approximate surface area is 203 Å². The molecule has 0 bridgehead atoms. The van der Waals surface area contributed by atoms with Crippen molar-refractivity contribution in [2.45, 2.75) is 37.0 Å². The van der Waals surface area contributed by atoms with Crippen LogP contribution in [0.3, 0.4) is 0 Å². The lowest BCUT2D eigenvalue weighted by molar-refractivity contribution is 0.136. The molecule has 0 aromatic heterocycles. The topological polar surface area (TPSA) is 96.8 Å². The summed E-state index contributed by atoms with van der Waals surface area (Å²) in [6, 6.07) is 11.9. The van der Waals surface area contributed by atoms with E-state index in [-0.39, 0.29) is 15.7 Å². The number of aryl methyl sites for hydroxylation is 1. The van der Waals surface area contributed by atoms with Crippen LogP contribution in [0.1, 0.15) is 26.3 Å². The fourth-order valence-corrected chi connectivity index (χ4v) is 7.16. The lowest BCUT2D eigenvalue weighted by Crippen LogP contribution is -2.34. The van der Waals surface area contributed by atoms with E-state index in [4.69, 9.17) is 14.3 Å². The van der Waals surface area contributed by atoms with Crippen molar-refractivity contribution in [1.29, 1.82) is 4.78 Å². The first kappa shape index (κ1) is 25.0. The second-order valence-corrected chi connectivity index (χ2v) is 13.7. The monoisotopic (exact) mass is 506 g/mol. The molecule has 1 aliphatic heterocycles. The molecule has 4 rings (SSSR count). The molecule has 0 amide bonds. The Morgan fingerprint density at radius 3 is 2.29 bits per heavy atom. The summed E-state index contributed by atoms with van der Waals surface area (Å²) < 4.78 is 61.2. The number of fused-ring (bicyclic) bond motifs is 1. The summed E-state index contributed by atoms with van der Waals surface area (Å²) in [4.78, 5) is 0.120. The number of ether oxygens (including phenoxy) is 2. The molecule has 186 valence electrons. The van der Waals surface area contributed by atoms with Gasteiger partial charge >= 0.3 is 0 Å². The minimum atomic E-state index is -3.95. The van der Waals surface area contributed by atoms with E-state index < -0.39 is 19.8 Å². The maximum Gasteiger partial charge on any atom is 0.264 e. The first-order valence-corrected chi connectivity index (χ1v) is 15.1. The fourth-order valence-electron chi connectivity index (χ4n) is 4.56. The van der Waals surface area contributed by atoms with Gasteiger partial charge in [0.05, 0.1) is 45.0 Å². The SMILES string of the molecule is CCc1ccc(N(CC(C)C)S(=O)(=O)c2ccc(OCC3C4COC[C@@H]43)c(S(C)(=N)=O)c2)cc1. The molecule has 1 heterocycles. The lowest BCUT2D eigenvalue weighted by atomic mass is 10.1. The molecule has 4 atom stereocenters. The van der Waals surface area contributed by atoms with E-state index >= 15 is 0 Å². The van der Waals surface area contributed by atoms with Gasteiger partial charge in [-0.25, -0.2) is 17.4 Å². The zero-order chi connectivity index (χ0) is 24.7. The van der Waals surface area contributed by atoms with Gasteiger partial charge in [0.2, 0.25) is 0 Å². The van der Waals surface area contributed by atoms with Crippen LogP contribution < -0.4 is 9.04 Å². The van der Waals surface area contributed by atoms with Gasteiger partial charge in [0.15, 0.2) is 0 Å². The average Bonchev–Trinajstić information content (AvgIpc) is 3.21. The van der Waals surface area contributed by atoms with Gasteiger partial charge in [-0.1, -0.05) is 32.9 Å². The van der Waals surface area contributed by atoms with Crippen molar-refractivity contribution < 1.29 is 22.1 Å². The Morgan fingerprint density at radius 2 is 1.74 bits per heavy atom. The summed E-state index contributed by atoms with van der Waals surface area (Å²) in [5, 5.41) is 0. The molecule has 2 fully saturated rings. The van der Waals surface area contributed by atoms with Crippen LogP contribution >= 0.6 is 0 Å². The first-order chi connectivity index (χ1) is 16.0. The Balaban J connectivity index is 1.65. The van der Waals surface area contributed by atoms with Crippen molar-refractivity contribution in [3.05, 3.63) is 48.0 Å². The smallest absolute Gasteiger partial charge is 0.264 e. The van der Waals surface area contributed by atoms with Crippen LogP contribution in [0, 0.1) is 28.5 Å². The third-order valence-corrected chi connectivity index (χ3v) is 9.60. The van der Waals surface area contributed by atoms with E-state index in [2.05, 4.69) is 6.92 Å². The van der Waals surface area contributed by atoms with Crippen molar-refractivity contribution in [1.82, 2.24) is 0 Å². The maximum absolute atomic E-state index is 13.7. The molecule has 9 heteroatoms. The highest BCUT2D eigenvalue weighted by Crippen LogP contribution is 2.50. The molecule has 3 unspecified atom stereocenters. The van der Waals surface area contributed by atoms with Crippen LogP contribution in [0.2, 0.25) is 0 Å². The molecule has 2 aliphatic rings. The first-order valence-electron chi connectivity index (χ1n) is 11.7. The van der Waals surface area contributed by atoms with Gasteiger partial charge in [0, 0.05) is 18.7 Å². The quantitative estimate of drug-likeness (QED) is 0.515. The van der Waals surface area contributed by atoms with E-state index in [1.54, 1.807) is 6.07 Å². The van der Waals surface area contributed by atoms with Crippen molar-refractivity contribution in [2.75, 3.05) is 36.9 Å². The van der Waals surface area contributed by atoms with Crippen LogP contribution in [0.15, 0.2) is 52.3 Å². The van der Waals surface area contributed by atoms with Gasteiger partial charge in [0.25, 0.3) is 10.0 Å². The van der Waals surface area contributed by atoms with Crippen LogP contribution in [0.5, 0.6) is 5.75 Å². The summed E-state index contributed by atoms with van der Waals surface area (Å²) in [6.45, 7) is 8.23. The van der Waals surface area contributed by atoms with E-state index in [9.17, 15) is 12.6 Å². The van der Waals surface area contributed by atoms with Crippen LogP contribution in [-0.2, 0) is 30.9 Å². The van der Waals surface area contributed by atoms with E-state index in [0.717, 1.165) is 25.2 Å². The van der Waals surface area contributed by atoms with Gasteiger partial charge in [-0.05, 0) is 60.1 Å². The van der Waals surface area contributed by atoms with Crippen molar-refractivity contribution in [3.63, 3.8) is 0 Å². The zero-order valence-corrected chi connectivity index (χ0v) is 21.8. The Bertz CT molecular complexity index is 1230. The number of sulfonamides is 1. The van der Waals surface area contributed by atoms with Crippen LogP contribution in [-0.4, -0.2) is 45.2 Å². The van der Waals surface area contributed by atoms with E-state index in [1.807, 2.05) is 38.1 Å². The number of rotatable bonds is 10. The molecule has 1 aliphatic carbocycles. The highest BCUT2D eigenvalue weighted by Gasteiger charge is 2.54. The zero-order valence-electron chi connectivity index (χ0n) is 20.2. The van der Waals surface area contributed by atoms with Gasteiger partial charge in [0.1, 0.15) is 5.75 Å². The lowest BCUT2D eigenvalue weighted by Gasteiger charge is -2.27. The predicted octanol–water partition coefficient (Wildman–Crippen LogP) is 4.41. The van der Waals surface area contributed by atoms with E-state index in [1.165, 1.54) is 22.7 Å². The fraction of sp³-hybridized carbons (Fsp3) is 0.520. The predicted molar refractivity (Wildman–Crippen MR) is 133 cm³/mol. The molecule has 0 spiro atoms. The number of hydrogen-bond acceptors (Lipinski definition) is 6. The second kappa shape index (κ2) is 9.51. The summed E-state index contributed by atoms with van der Waals surface area (Å²) in [5.74, 6) is 1.82. The molecular weight excluding hydrogens is 472 g/mol. The highest BCUT2D eigenvalue weighted by molar-refractivity contribution is 7.93. The summed E-state index contributed by atoms with van der Waals surface area (Å²) in [5.41, 5.74) is 1.71. The third-order valence-electron chi connectivity index (χ3n) is 6.65. The Morgan fingerprint density at radius 1 is 1.09 bits per heavy atom. The standard InChI is InChI=1S/C25H34N2O5S2/c1-5-18-6-8-19(9-7-18)27(13-17(2)3)34(29,30)20-10-11-24(25(12-20)33(4,26)28)32-16-23-21-14-31-15-22(21)23/h6-12,17,21-23,26H,5,13-16H2,1-4H3/t21-,22?,23?,33?/m0/s1. The van der Waals surface area contributed by atoms with Gasteiger partial charge < -0.3 is 9.47 Å². The number of nitrogens with one attached hydrogen (secondary N) is 1. The van der Waals surface area contributed by atoms with Crippen molar-refractivity contribution in [2.24, 2.45) is 23.7 Å². The third kappa shape index (κ3) is 5.11. The molecule has 0 radical (unpaired) electrons. The van der Waals surface area contributed by atoms with Gasteiger partial charge in [-0.15, -0.1) is 0 Å². The molecule has 2 aromatic carbocycles. The number of benzene rings is 2. The highest BCUT2D eigenvalue weighted by atomic mass is 32.2. The molecule has 2 aromatic rings. The molecule has 1 saturated carbocycles. The summed E-state index contributed by atoms with van der Waals surface area (Å²) in [6.07, 6.45) is 2.16. The number of hydrogen-bond donors (Lipinski definition) is 1. The average molecular weight is 507 g/mol. The minimum Gasteiger partial charge on any atom is -0.492 e. The Hall–Kier alpha value is -2.10.